The van der Waals surface area contributed by atoms with Gasteiger partial charge in [0.2, 0.25) is 0 Å². The van der Waals surface area contributed by atoms with Crippen LogP contribution in [0.2, 0.25) is 0 Å². The van der Waals surface area contributed by atoms with Crippen LogP contribution in [0.3, 0.4) is 0 Å². The van der Waals surface area contributed by atoms with E-state index in [-0.39, 0.29) is 12.4 Å². The van der Waals surface area contributed by atoms with Crippen molar-refractivity contribution in [1.29, 1.82) is 0 Å². The fourth-order valence-electron chi connectivity index (χ4n) is 0.579. The Morgan fingerprint density at radius 3 is 2.92 bits per heavy atom. The van der Waals surface area contributed by atoms with Crippen LogP contribution in [0.1, 0.15) is 13.3 Å². The summed E-state index contributed by atoms with van der Waals surface area (Å²) in [6.45, 7) is 2.05. The molecule has 0 aliphatic carbocycles. The van der Waals surface area contributed by atoms with Gasteiger partial charge in [-0.1, -0.05) is 18.0 Å². The Bertz CT molecular complexity index is 226. The minimum absolute atomic E-state index is 0.0505. The zero-order valence-corrected chi connectivity index (χ0v) is 6.95. The largest absolute Gasteiger partial charge is 0.488 e. The van der Waals surface area contributed by atoms with Gasteiger partial charge >= 0.3 is 0 Å². The monoisotopic (exact) mass is 168 g/mol. The first-order valence-corrected chi connectivity index (χ1v) is 3.48. The third-order valence-corrected chi connectivity index (χ3v) is 1.21. The second kappa shape index (κ2) is 6.10. The number of oxime groups is 1. The highest BCUT2D eigenvalue weighted by molar-refractivity contribution is 5.96. The molecule has 12 heavy (non-hydrogen) atoms. The molecule has 0 aromatic carbocycles. The summed E-state index contributed by atoms with van der Waals surface area (Å²) in [4.78, 5) is 0. The molecule has 0 saturated heterocycles. The quantitative estimate of drug-likeness (QED) is 0.123. The summed E-state index contributed by atoms with van der Waals surface area (Å²) in [5.41, 5.74) is 5.93. The van der Waals surface area contributed by atoms with Crippen LogP contribution in [0, 0.1) is 12.3 Å². The second-order valence-electron chi connectivity index (χ2n) is 2.00. The molecular formula is C8H12N2O2. The molecule has 0 heterocycles. The van der Waals surface area contributed by atoms with Gasteiger partial charge in [0.1, 0.15) is 6.61 Å². The second-order valence-corrected chi connectivity index (χ2v) is 2.00. The lowest BCUT2D eigenvalue weighted by molar-refractivity contribution is 0.292. The maximum atomic E-state index is 8.32. The molecule has 0 spiro atoms. The van der Waals surface area contributed by atoms with E-state index in [1.807, 2.05) is 6.92 Å². The zero-order chi connectivity index (χ0) is 9.40. The number of amidine groups is 1. The van der Waals surface area contributed by atoms with E-state index < -0.39 is 0 Å². The van der Waals surface area contributed by atoms with Crippen LogP contribution in [0.15, 0.2) is 17.0 Å². The van der Waals surface area contributed by atoms with Gasteiger partial charge in [0.15, 0.2) is 5.84 Å². The molecule has 0 unspecified atom stereocenters. The van der Waals surface area contributed by atoms with Crippen molar-refractivity contribution in [2.75, 3.05) is 6.61 Å². The summed E-state index contributed by atoms with van der Waals surface area (Å²) in [5, 5.41) is 11.2. The average molecular weight is 168 g/mol. The van der Waals surface area contributed by atoms with Gasteiger partial charge in [-0.15, -0.1) is 6.42 Å². The summed E-state index contributed by atoms with van der Waals surface area (Å²) in [5.74, 6) is 2.34. The van der Waals surface area contributed by atoms with Crippen molar-refractivity contribution in [3.8, 4) is 12.3 Å². The van der Waals surface area contributed by atoms with E-state index >= 15 is 0 Å². The molecule has 0 aromatic heterocycles. The highest BCUT2D eigenvalue weighted by Gasteiger charge is 1.99. The standard InChI is InChI=1S/C8H12N2O2/c1-3-5-12-6-7(4-2)8(9)10-11/h1,6,11H,4-5H2,2H3,(H2,9,10)/b7-6-. The first-order chi connectivity index (χ1) is 5.76. The van der Waals surface area contributed by atoms with Gasteiger partial charge in [0.05, 0.1) is 6.26 Å². The van der Waals surface area contributed by atoms with Crippen molar-refractivity contribution in [3.05, 3.63) is 11.8 Å². The summed E-state index contributed by atoms with van der Waals surface area (Å²) in [6, 6.07) is 0. The van der Waals surface area contributed by atoms with Gasteiger partial charge in [-0.3, -0.25) is 0 Å². The zero-order valence-electron chi connectivity index (χ0n) is 6.95. The van der Waals surface area contributed by atoms with Crippen LogP contribution in [0.5, 0.6) is 0 Å². The van der Waals surface area contributed by atoms with Crippen molar-refractivity contribution < 1.29 is 9.94 Å². The van der Waals surface area contributed by atoms with Gasteiger partial charge < -0.3 is 15.7 Å². The smallest absolute Gasteiger partial charge is 0.169 e. The lowest BCUT2D eigenvalue weighted by Crippen LogP contribution is -2.14. The molecule has 0 fully saturated rings. The topological polar surface area (TPSA) is 67.8 Å². The molecule has 66 valence electrons. The number of nitrogens with zero attached hydrogens (tertiary/aromatic N) is 1. The molecule has 0 rings (SSSR count). The van der Waals surface area contributed by atoms with E-state index in [2.05, 4.69) is 11.1 Å². The van der Waals surface area contributed by atoms with Crippen molar-refractivity contribution in [2.24, 2.45) is 10.9 Å². The molecular weight excluding hydrogens is 156 g/mol. The van der Waals surface area contributed by atoms with E-state index in [9.17, 15) is 0 Å². The Morgan fingerprint density at radius 1 is 1.83 bits per heavy atom. The molecule has 0 amide bonds. The number of terminal acetylenes is 1. The van der Waals surface area contributed by atoms with Crippen LogP contribution >= 0.6 is 0 Å². The minimum Gasteiger partial charge on any atom is -0.488 e. The summed E-state index contributed by atoms with van der Waals surface area (Å²) < 4.78 is 4.89. The van der Waals surface area contributed by atoms with Crippen molar-refractivity contribution in [2.45, 2.75) is 13.3 Å². The van der Waals surface area contributed by atoms with Gasteiger partial charge in [-0.2, -0.15) is 0 Å². The summed E-state index contributed by atoms with van der Waals surface area (Å²) >= 11 is 0. The number of hydrogen-bond acceptors (Lipinski definition) is 3. The fraction of sp³-hybridized carbons (Fsp3) is 0.375. The molecule has 4 nitrogen and oxygen atoms in total. The van der Waals surface area contributed by atoms with Gasteiger partial charge in [0.25, 0.3) is 0 Å². The van der Waals surface area contributed by atoms with E-state index in [4.69, 9.17) is 22.1 Å². The summed E-state index contributed by atoms with van der Waals surface area (Å²) in [6.07, 6.45) is 6.97. The Morgan fingerprint density at radius 2 is 2.50 bits per heavy atom. The van der Waals surface area contributed by atoms with Crippen LogP contribution in [0.4, 0.5) is 0 Å². The molecule has 0 saturated carbocycles. The number of hydrogen-bond donors (Lipinski definition) is 2. The number of rotatable bonds is 4. The first-order valence-electron chi connectivity index (χ1n) is 3.48. The number of ether oxygens (including phenoxy) is 1. The first kappa shape index (κ1) is 10.4. The van der Waals surface area contributed by atoms with Crippen LogP contribution < -0.4 is 5.73 Å². The van der Waals surface area contributed by atoms with E-state index in [1.165, 1.54) is 6.26 Å². The number of nitrogens with two attached hydrogens (primary N) is 1. The normalized spacial score (nSPS) is 12.3. The van der Waals surface area contributed by atoms with Gasteiger partial charge in [-0.25, -0.2) is 0 Å². The van der Waals surface area contributed by atoms with Crippen LogP contribution in [0.25, 0.3) is 0 Å². The van der Waals surface area contributed by atoms with Crippen LogP contribution in [-0.2, 0) is 4.74 Å². The Hall–Kier alpha value is -1.63. The molecule has 0 aromatic rings. The molecule has 0 atom stereocenters. The predicted octanol–water partition coefficient (Wildman–Crippen LogP) is 0.677. The highest BCUT2D eigenvalue weighted by atomic mass is 16.5. The van der Waals surface area contributed by atoms with E-state index in [0.29, 0.717) is 12.0 Å². The Kier molecular flexibility index (Phi) is 5.28. The molecule has 4 heteroatoms. The molecule has 0 bridgehead atoms. The lowest BCUT2D eigenvalue weighted by atomic mass is 10.2. The van der Waals surface area contributed by atoms with E-state index in [1.54, 1.807) is 0 Å². The molecule has 0 aliphatic rings. The molecule has 0 radical (unpaired) electrons. The average Bonchev–Trinajstić information content (AvgIpc) is 2.11. The Balaban J connectivity index is 4.16. The summed E-state index contributed by atoms with van der Waals surface area (Å²) in [7, 11) is 0. The van der Waals surface area contributed by atoms with Gasteiger partial charge in [0, 0.05) is 5.57 Å². The molecule has 3 N–H and O–H groups in total. The SMILES string of the molecule is C#CCO/C=C(/CC)C(N)=NO. The lowest BCUT2D eigenvalue weighted by Gasteiger charge is -2.01. The van der Waals surface area contributed by atoms with Gasteiger partial charge in [-0.05, 0) is 6.42 Å². The third kappa shape index (κ3) is 3.52. The third-order valence-electron chi connectivity index (χ3n) is 1.21. The van der Waals surface area contributed by atoms with E-state index in [0.717, 1.165) is 0 Å². The maximum Gasteiger partial charge on any atom is 0.169 e. The van der Waals surface area contributed by atoms with Crippen LogP contribution in [-0.4, -0.2) is 17.6 Å². The maximum absolute atomic E-state index is 8.32. The fourth-order valence-corrected chi connectivity index (χ4v) is 0.579. The Labute approximate surface area is 71.7 Å². The van der Waals surface area contributed by atoms with Crippen molar-refractivity contribution in [3.63, 3.8) is 0 Å². The van der Waals surface area contributed by atoms with Crippen molar-refractivity contribution in [1.82, 2.24) is 0 Å². The minimum atomic E-state index is 0.0505. The van der Waals surface area contributed by atoms with Crippen molar-refractivity contribution >= 4 is 5.84 Å². The highest BCUT2D eigenvalue weighted by Crippen LogP contribution is 2.00. The predicted molar refractivity (Wildman–Crippen MR) is 46.6 cm³/mol. The molecule has 0 aliphatic heterocycles.